The molecule has 1 fully saturated rings. The molecule has 1 saturated heterocycles. The van der Waals surface area contributed by atoms with Gasteiger partial charge in [0.2, 0.25) is 5.91 Å². The Morgan fingerprint density at radius 1 is 1.07 bits per heavy atom. The fraction of sp³-hybridized carbons (Fsp3) is 0.348. The number of nitrogens with zero attached hydrogens (tertiary/aromatic N) is 1. The van der Waals surface area contributed by atoms with Crippen LogP contribution in [0.5, 0.6) is 0 Å². The Labute approximate surface area is 169 Å². The Kier molecular flexibility index (Phi) is 4.15. The summed E-state index contributed by atoms with van der Waals surface area (Å²) in [4.78, 5) is 39.6. The van der Waals surface area contributed by atoms with Gasteiger partial charge in [0.05, 0.1) is 6.04 Å². The molecule has 2 atom stereocenters. The second-order valence-electron chi connectivity index (χ2n) is 8.10. The van der Waals surface area contributed by atoms with E-state index in [2.05, 4.69) is 16.7 Å². The number of rotatable bonds is 3. The number of amides is 4. The second kappa shape index (κ2) is 6.72. The first-order valence-corrected chi connectivity index (χ1v) is 10.2. The molecule has 6 heteroatoms. The Hall–Kier alpha value is -3.15. The molecule has 5 rings (SSSR count). The Morgan fingerprint density at radius 2 is 1.83 bits per heavy atom. The molecule has 0 aromatic heterocycles. The Bertz CT molecular complexity index is 1020. The minimum Gasteiger partial charge on any atom is -0.348 e. The number of carbonyl (C=O) groups is 3. The fourth-order valence-electron chi connectivity index (χ4n) is 5.02. The van der Waals surface area contributed by atoms with Gasteiger partial charge in [-0.25, -0.2) is 4.79 Å². The second-order valence-corrected chi connectivity index (χ2v) is 8.10. The van der Waals surface area contributed by atoms with Crippen LogP contribution in [0.2, 0.25) is 0 Å². The monoisotopic (exact) mass is 389 g/mol. The quantitative estimate of drug-likeness (QED) is 0.792. The highest BCUT2D eigenvalue weighted by Gasteiger charge is 2.55. The van der Waals surface area contributed by atoms with E-state index in [4.69, 9.17) is 0 Å². The van der Waals surface area contributed by atoms with Crippen LogP contribution in [0.1, 0.15) is 47.6 Å². The maximum absolute atomic E-state index is 13.2. The van der Waals surface area contributed by atoms with Gasteiger partial charge in [0.25, 0.3) is 5.91 Å². The zero-order chi connectivity index (χ0) is 20.0. The van der Waals surface area contributed by atoms with E-state index in [0.29, 0.717) is 6.42 Å². The number of hydrogen-bond acceptors (Lipinski definition) is 3. The van der Waals surface area contributed by atoms with Gasteiger partial charge in [-0.05, 0) is 54.4 Å². The van der Waals surface area contributed by atoms with E-state index in [1.54, 1.807) is 0 Å². The number of fused-ring (bicyclic) bond motifs is 3. The van der Waals surface area contributed by atoms with E-state index >= 15 is 0 Å². The summed E-state index contributed by atoms with van der Waals surface area (Å²) in [5.41, 5.74) is 3.28. The summed E-state index contributed by atoms with van der Waals surface area (Å²) in [6.07, 6.45) is 4.15. The van der Waals surface area contributed by atoms with Gasteiger partial charge >= 0.3 is 6.03 Å². The summed E-state index contributed by atoms with van der Waals surface area (Å²) in [6.45, 7) is -0.257. The molecule has 0 unspecified atom stereocenters. The number of nitrogens with one attached hydrogen (secondary N) is 2. The van der Waals surface area contributed by atoms with E-state index in [1.807, 2.05) is 42.5 Å². The van der Waals surface area contributed by atoms with Crippen LogP contribution in [0.3, 0.4) is 0 Å². The molecule has 29 heavy (non-hydrogen) atoms. The first-order valence-electron chi connectivity index (χ1n) is 10.2. The van der Waals surface area contributed by atoms with Crippen LogP contribution in [0.25, 0.3) is 0 Å². The standard InChI is InChI=1S/C23H23N3O3/c27-20(24-19-11-5-8-15-6-1-3-9-17(15)19)14-26-21(28)23(25-22(26)29)13-12-16-7-2-4-10-18(16)23/h1-4,6-7,9-10,19H,5,8,11-14H2,(H,24,27)(H,25,29)/t19-,23+/m0/s1. The first kappa shape index (κ1) is 17.9. The van der Waals surface area contributed by atoms with Crippen LogP contribution in [-0.4, -0.2) is 29.3 Å². The molecule has 2 aromatic carbocycles. The molecular weight excluding hydrogens is 366 g/mol. The molecule has 0 bridgehead atoms. The minimum atomic E-state index is -1.02. The average Bonchev–Trinajstić information content (AvgIpc) is 3.22. The van der Waals surface area contributed by atoms with Crippen molar-refractivity contribution in [2.75, 3.05) is 6.54 Å². The highest BCUT2D eigenvalue weighted by molar-refractivity contribution is 6.09. The number of carbonyl (C=O) groups excluding carboxylic acids is 3. The van der Waals surface area contributed by atoms with Crippen molar-refractivity contribution in [2.45, 2.75) is 43.7 Å². The molecule has 0 saturated carbocycles. The Balaban J connectivity index is 1.32. The van der Waals surface area contributed by atoms with Gasteiger partial charge in [0.1, 0.15) is 12.1 Å². The van der Waals surface area contributed by atoms with Crippen molar-refractivity contribution in [3.8, 4) is 0 Å². The van der Waals surface area contributed by atoms with Crippen LogP contribution in [0, 0.1) is 0 Å². The third-order valence-electron chi connectivity index (χ3n) is 6.43. The Morgan fingerprint density at radius 3 is 2.69 bits per heavy atom. The predicted octanol–water partition coefficient (Wildman–Crippen LogP) is 2.57. The molecule has 2 N–H and O–H groups in total. The molecule has 2 aliphatic carbocycles. The molecule has 1 aliphatic heterocycles. The van der Waals surface area contributed by atoms with Crippen molar-refractivity contribution in [2.24, 2.45) is 0 Å². The predicted molar refractivity (Wildman–Crippen MR) is 107 cm³/mol. The zero-order valence-corrected chi connectivity index (χ0v) is 16.1. The van der Waals surface area contributed by atoms with E-state index in [9.17, 15) is 14.4 Å². The topological polar surface area (TPSA) is 78.5 Å². The van der Waals surface area contributed by atoms with Crippen molar-refractivity contribution in [1.82, 2.24) is 15.5 Å². The SMILES string of the molecule is O=C(CN1C(=O)N[C@@]2(CCc3ccccc32)C1=O)N[C@H]1CCCc2ccccc21. The van der Waals surface area contributed by atoms with Crippen LogP contribution in [0.4, 0.5) is 4.79 Å². The maximum Gasteiger partial charge on any atom is 0.325 e. The number of hydrogen-bond donors (Lipinski definition) is 2. The summed E-state index contributed by atoms with van der Waals surface area (Å²) in [7, 11) is 0. The summed E-state index contributed by atoms with van der Waals surface area (Å²) in [6, 6.07) is 15.2. The number of benzene rings is 2. The lowest BCUT2D eigenvalue weighted by Crippen LogP contribution is -2.44. The number of imide groups is 1. The normalized spacial score (nSPS) is 25.0. The lowest BCUT2D eigenvalue weighted by atomic mass is 9.88. The summed E-state index contributed by atoms with van der Waals surface area (Å²) in [5.74, 6) is -0.634. The highest BCUT2D eigenvalue weighted by atomic mass is 16.2. The van der Waals surface area contributed by atoms with Crippen LogP contribution in [0.15, 0.2) is 48.5 Å². The summed E-state index contributed by atoms with van der Waals surface area (Å²) < 4.78 is 0. The number of urea groups is 1. The largest absolute Gasteiger partial charge is 0.348 e. The van der Waals surface area contributed by atoms with Crippen molar-refractivity contribution >= 4 is 17.8 Å². The lowest BCUT2D eigenvalue weighted by molar-refractivity contribution is -0.135. The van der Waals surface area contributed by atoms with E-state index in [0.717, 1.165) is 47.3 Å². The summed E-state index contributed by atoms with van der Waals surface area (Å²) in [5, 5.41) is 5.90. The number of aryl methyl sites for hydroxylation is 2. The van der Waals surface area contributed by atoms with Gasteiger partial charge < -0.3 is 10.6 Å². The fourth-order valence-corrected chi connectivity index (χ4v) is 5.02. The average molecular weight is 389 g/mol. The third kappa shape index (κ3) is 2.82. The molecular formula is C23H23N3O3. The highest BCUT2D eigenvalue weighted by Crippen LogP contribution is 2.41. The molecule has 148 valence electrons. The van der Waals surface area contributed by atoms with Crippen molar-refractivity contribution in [3.05, 3.63) is 70.8 Å². The molecule has 0 radical (unpaired) electrons. The molecule has 1 heterocycles. The maximum atomic E-state index is 13.2. The van der Waals surface area contributed by atoms with Crippen molar-refractivity contribution in [3.63, 3.8) is 0 Å². The molecule has 6 nitrogen and oxygen atoms in total. The van der Waals surface area contributed by atoms with Gasteiger partial charge in [0, 0.05) is 0 Å². The van der Waals surface area contributed by atoms with Crippen molar-refractivity contribution in [1.29, 1.82) is 0 Å². The van der Waals surface area contributed by atoms with Gasteiger partial charge in [-0.3, -0.25) is 14.5 Å². The van der Waals surface area contributed by atoms with E-state index in [-0.39, 0.29) is 24.4 Å². The summed E-state index contributed by atoms with van der Waals surface area (Å²) >= 11 is 0. The van der Waals surface area contributed by atoms with Gasteiger partial charge in [-0.2, -0.15) is 0 Å². The van der Waals surface area contributed by atoms with Gasteiger partial charge in [0.15, 0.2) is 0 Å². The minimum absolute atomic E-state index is 0.0746. The first-order chi connectivity index (χ1) is 14.1. The van der Waals surface area contributed by atoms with Crippen LogP contribution in [-0.2, 0) is 28.0 Å². The zero-order valence-electron chi connectivity index (χ0n) is 16.1. The van der Waals surface area contributed by atoms with Crippen molar-refractivity contribution < 1.29 is 14.4 Å². The van der Waals surface area contributed by atoms with Crippen LogP contribution >= 0.6 is 0 Å². The molecule has 1 spiro atoms. The molecule has 4 amide bonds. The lowest BCUT2D eigenvalue weighted by Gasteiger charge is -2.27. The van der Waals surface area contributed by atoms with Crippen LogP contribution < -0.4 is 10.6 Å². The molecule has 3 aliphatic rings. The van der Waals surface area contributed by atoms with Gasteiger partial charge in [-0.1, -0.05) is 48.5 Å². The van der Waals surface area contributed by atoms with E-state index in [1.165, 1.54) is 5.56 Å². The third-order valence-corrected chi connectivity index (χ3v) is 6.43. The smallest absolute Gasteiger partial charge is 0.325 e. The van der Waals surface area contributed by atoms with E-state index < -0.39 is 11.6 Å². The van der Waals surface area contributed by atoms with Gasteiger partial charge in [-0.15, -0.1) is 0 Å². The molecule has 2 aromatic rings.